The zero-order chi connectivity index (χ0) is 18.2. The van der Waals surface area contributed by atoms with Crippen LogP contribution in [0.15, 0.2) is 18.3 Å². The smallest absolute Gasteiger partial charge is 0.315 e. The minimum absolute atomic E-state index is 0.169. The van der Waals surface area contributed by atoms with Gasteiger partial charge in [0, 0.05) is 57.0 Å². The Hall–Kier alpha value is -1.90. The van der Waals surface area contributed by atoms with Gasteiger partial charge in [0.05, 0.1) is 26.9 Å². The van der Waals surface area contributed by atoms with Crippen LogP contribution in [0.2, 0.25) is 0 Å². The van der Waals surface area contributed by atoms with Crippen molar-refractivity contribution in [2.24, 2.45) is 5.92 Å². The van der Waals surface area contributed by atoms with Crippen LogP contribution >= 0.6 is 0 Å². The van der Waals surface area contributed by atoms with Crippen molar-refractivity contribution >= 4 is 6.03 Å². The summed E-state index contributed by atoms with van der Waals surface area (Å²) in [4.78, 5) is 18.7. The second kappa shape index (κ2) is 9.70. The first-order valence-corrected chi connectivity index (χ1v) is 9.16. The van der Waals surface area contributed by atoms with Crippen molar-refractivity contribution in [1.82, 2.24) is 20.5 Å². The molecule has 1 aromatic heterocycles. The van der Waals surface area contributed by atoms with Crippen LogP contribution in [0.4, 0.5) is 4.79 Å². The molecule has 2 N–H and O–H groups in total. The Balaban J connectivity index is 1.46. The summed E-state index contributed by atoms with van der Waals surface area (Å²) in [5.41, 5.74) is 0.926. The number of hydrogen-bond acceptors (Lipinski definition) is 6. The van der Waals surface area contributed by atoms with Crippen LogP contribution in [0.3, 0.4) is 0 Å². The third kappa shape index (κ3) is 5.30. The molecule has 1 aromatic rings. The monoisotopic (exact) mass is 364 g/mol. The average molecular weight is 364 g/mol. The van der Waals surface area contributed by atoms with Crippen LogP contribution in [0.1, 0.15) is 12.0 Å². The van der Waals surface area contributed by atoms with Crippen molar-refractivity contribution in [3.05, 3.63) is 23.9 Å². The fraction of sp³-hybridized carbons (Fsp3) is 0.667. The first kappa shape index (κ1) is 18.9. The number of pyridine rings is 1. The van der Waals surface area contributed by atoms with Crippen molar-refractivity contribution in [2.45, 2.75) is 19.0 Å². The molecule has 2 saturated heterocycles. The predicted octanol–water partition coefficient (Wildman–Crippen LogP) is 0.627. The molecule has 0 radical (unpaired) electrons. The summed E-state index contributed by atoms with van der Waals surface area (Å²) >= 11 is 0. The van der Waals surface area contributed by atoms with E-state index in [1.165, 1.54) is 0 Å². The lowest BCUT2D eigenvalue weighted by atomic mass is 9.97. The maximum Gasteiger partial charge on any atom is 0.315 e. The van der Waals surface area contributed by atoms with Crippen molar-refractivity contribution in [1.29, 1.82) is 0 Å². The number of hydrogen-bond donors (Lipinski definition) is 2. The molecule has 8 heteroatoms. The second-order valence-corrected chi connectivity index (χ2v) is 6.61. The lowest BCUT2D eigenvalue weighted by Gasteiger charge is -2.37. The molecule has 0 bridgehead atoms. The second-order valence-electron chi connectivity index (χ2n) is 6.61. The molecule has 26 heavy (non-hydrogen) atoms. The number of carbonyl (C=O) groups excluding carboxylic acids is 1. The highest BCUT2D eigenvalue weighted by atomic mass is 16.5. The standard InChI is InChI=1S/C18H28N4O4/c1-24-17-3-2-14(10-19-17)11-20-18(23)21-12-16(15-4-7-26-13-15)22-5-8-25-9-6-22/h2-3,10,15-16H,4-9,11-13H2,1H3,(H2,20,21,23)/t15-,16-/m1/s1. The number of nitrogens with zero attached hydrogens (tertiary/aromatic N) is 2. The van der Waals surface area contributed by atoms with E-state index in [9.17, 15) is 4.79 Å². The van der Waals surface area contributed by atoms with Gasteiger partial charge in [-0.2, -0.15) is 0 Å². The third-order valence-corrected chi connectivity index (χ3v) is 4.96. The first-order valence-electron chi connectivity index (χ1n) is 9.16. The predicted molar refractivity (Wildman–Crippen MR) is 96.1 cm³/mol. The van der Waals surface area contributed by atoms with Crippen LogP contribution in [-0.4, -0.2) is 75.1 Å². The van der Waals surface area contributed by atoms with E-state index >= 15 is 0 Å². The summed E-state index contributed by atoms with van der Waals surface area (Å²) in [6.07, 6.45) is 2.74. The summed E-state index contributed by atoms with van der Waals surface area (Å²) in [5, 5.41) is 5.90. The number of methoxy groups -OCH3 is 1. The van der Waals surface area contributed by atoms with Crippen molar-refractivity contribution in [3.63, 3.8) is 0 Å². The molecule has 0 aliphatic carbocycles. The van der Waals surface area contributed by atoms with Gasteiger partial charge in [0.25, 0.3) is 0 Å². The molecule has 144 valence electrons. The number of urea groups is 1. The number of rotatable bonds is 7. The maximum atomic E-state index is 12.2. The van der Waals surface area contributed by atoms with E-state index in [0.29, 0.717) is 24.9 Å². The Morgan fingerprint density at radius 3 is 2.81 bits per heavy atom. The largest absolute Gasteiger partial charge is 0.481 e. The van der Waals surface area contributed by atoms with Gasteiger partial charge in [-0.05, 0) is 12.0 Å². The molecule has 3 heterocycles. The van der Waals surface area contributed by atoms with Crippen LogP contribution in [-0.2, 0) is 16.0 Å². The summed E-state index contributed by atoms with van der Waals surface area (Å²) in [7, 11) is 1.58. The van der Waals surface area contributed by atoms with Crippen molar-refractivity contribution < 1.29 is 19.0 Å². The number of nitrogens with one attached hydrogen (secondary N) is 2. The molecule has 2 amide bonds. The number of amides is 2. The van der Waals surface area contributed by atoms with Gasteiger partial charge in [0.2, 0.25) is 5.88 Å². The van der Waals surface area contributed by atoms with Crippen LogP contribution < -0.4 is 15.4 Å². The van der Waals surface area contributed by atoms with Gasteiger partial charge in [-0.1, -0.05) is 6.07 Å². The zero-order valence-electron chi connectivity index (χ0n) is 15.3. The van der Waals surface area contributed by atoms with E-state index in [4.69, 9.17) is 14.2 Å². The quantitative estimate of drug-likeness (QED) is 0.738. The Kier molecular flexibility index (Phi) is 7.04. The molecule has 2 aliphatic heterocycles. The Labute approximate surface area is 154 Å². The molecule has 0 unspecified atom stereocenters. The molecule has 2 fully saturated rings. The maximum absolute atomic E-state index is 12.2. The number of morpholine rings is 1. The molecule has 8 nitrogen and oxygen atoms in total. The molecule has 0 spiro atoms. The number of ether oxygens (including phenoxy) is 3. The van der Waals surface area contributed by atoms with E-state index in [0.717, 1.165) is 51.5 Å². The topological polar surface area (TPSA) is 85.0 Å². The van der Waals surface area contributed by atoms with E-state index in [1.807, 2.05) is 6.07 Å². The van der Waals surface area contributed by atoms with E-state index in [1.54, 1.807) is 19.4 Å². The summed E-state index contributed by atoms with van der Waals surface area (Å²) < 4.78 is 16.0. The van der Waals surface area contributed by atoms with Crippen LogP contribution in [0.25, 0.3) is 0 Å². The SMILES string of the molecule is COc1ccc(CNC(=O)NC[C@H]([C@@H]2CCOC2)N2CCOCC2)cn1. The minimum atomic E-state index is -0.169. The summed E-state index contributed by atoms with van der Waals surface area (Å²) in [6, 6.07) is 3.79. The zero-order valence-corrected chi connectivity index (χ0v) is 15.3. The Morgan fingerprint density at radius 1 is 1.31 bits per heavy atom. The van der Waals surface area contributed by atoms with Gasteiger partial charge in [-0.25, -0.2) is 9.78 Å². The number of aromatic nitrogens is 1. The molecule has 2 aliphatic rings. The van der Waals surface area contributed by atoms with Gasteiger partial charge in [0.1, 0.15) is 0 Å². The average Bonchev–Trinajstić information content (AvgIpc) is 3.22. The van der Waals surface area contributed by atoms with Crippen molar-refractivity contribution in [2.75, 3.05) is 53.2 Å². The van der Waals surface area contributed by atoms with Crippen molar-refractivity contribution in [3.8, 4) is 5.88 Å². The van der Waals surface area contributed by atoms with Gasteiger partial charge in [-0.15, -0.1) is 0 Å². The molecular weight excluding hydrogens is 336 g/mol. The highest BCUT2D eigenvalue weighted by Gasteiger charge is 2.31. The van der Waals surface area contributed by atoms with Gasteiger partial charge >= 0.3 is 6.03 Å². The van der Waals surface area contributed by atoms with Crippen LogP contribution in [0.5, 0.6) is 5.88 Å². The van der Waals surface area contributed by atoms with E-state index in [-0.39, 0.29) is 12.1 Å². The minimum Gasteiger partial charge on any atom is -0.481 e. The summed E-state index contributed by atoms with van der Waals surface area (Å²) in [5.74, 6) is 1.02. The molecule has 0 aromatic carbocycles. The summed E-state index contributed by atoms with van der Waals surface area (Å²) in [6.45, 7) is 5.93. The van der Waals surface area contributed by atoms with Crippen LogP contribution in [0, 0.1) is 5.92 Å². The van der Waals surface area contributed by atoms with E-state index in [2.05, 4.69) is 20.5 Å². The number of carbonyl (C=O) groups is 1. The van der Waals surface area contributed by atoms with E-state index < -0.39 is 0 Å². The molecule has 2 atom stereocenters. The molecular formula is C18H28N4O4. The van der Waals surface area contributed by atoms with Gasteiger partial charge < -0.3 is 24.8 Å². The Morgan fingerprint density at radius 2 is 2.15 bits per heavy atom. The molecule has 0 saturated carbocycles. The first-order chi connectivity index (χ1) is 12.8. The lowest BCUT2D eigenvalue weighted by Crippen LogP contribution is -2.53. The fourth-order valence-electron chi connectivity index (χ4n) is 3.44. The fourth-order valence-corrected chi connectivity index (χ4v) is 3.44. The third-order valence-electron chi connectivity index (χ3n) is 4.96. The Bertz CT molecular complexity index is 557. The highest BCUT2D eigenvalue weighted by molar-refractivity contribution is 5.73. The highest BCUT2D eigenvalue weighted by Crippen LogP contribution is 2.21. The van der Waals surface area contributed by atoms with Gasteiger partial charge in [0.15, 0.2) is 0 Å². The normalized spacial score (nSPS) is 22.0. The molecule has 3 rings (SSSR count). The van der Waals surface area contributed by atoms with Gasteiger partial charge in [-0.3, -0.25) is 4.90 Å². The lowest BCUT2D eigenvalue weighted by molar-refractivity contribution is 0.00212.